The minimum atomic E-state index is -0.953. The van der Waals surface area contributed by atoms with Gasteiger partial charge in [0.1, 0.15) is 22.6 Å². The molecule has 4 heterocycles. The Labute approximate surface area is 219 Å². The number of ether oxygens (including phenoxy) is 1. The Morgan fingerprint density at radius 3 is 2.55 bits per heavy atom. The van der Waals surface area contributed by atoms with Crippen LogP contribution in [0.2, 0.25) is 5.02 Å². The van der Waals surface area contributed by atoms with Gasteiger partial charge in [0.2, 0.25) is 5.43 Å². The Bertz CT molecular complexity index is 1930. The van der Waals surface area contributed by atoms with Gasteiger partial charge < -0.3 is 15.5 Å². The third kappa shape index (κ3) is 3.86. The zero-order valence-corrected chi connectivity index (χ0v) is 20.2. The number of rotatable bonds is 5. The van der Waals surface area contributed by atoms with Crippen LogP contribution < -0.4 is 15.9 Å². The molecule has 6 rings (SSSR count). The summed E-state index contributed by atoms with van der Waals surface area (Å²) in [6.45, 7) is 0. The molecule has 0 aliphatic rings. The lowest BCUT2D eigenvalue weighted by atomic mass is 10.0. The number of H-pyrrole nitrogens is 1. The van der Waals surface area contributed by atoms with Crippen molar-refractivity contribution in [2.75, 3.05) is 0 Å². The van der Waals surface area contributed by atoms with E-state index in [-0.39, 0.29) is 33.6 Å². The number of hydrogen-bond acceptors (Lipinski definition) is 5. The highest BCUT2D eigenvalue weighted by molar-refractivity contribution is 6.30. The zero-order chi connectivity index (χ0) is 26.4. The number of nitrogens with zero attached hydrogens (tertiary/aromatic N) is 3. The van der Waals surface area contributed by atoms with Crippen LogP contribution >= 0.6 is 11.6 Å². The second kappa shape index (κ2) is 9.13. The lowest BCUT2D eigenvalue weighted by Gasteiger charge is -2.20. The van der Waals surface area contributed by atoms with Crippen LogP contribution in [0.5, 0.6) is 11.5 Å². The quantitative estimate of drug-likeness (QED) is 0.303. The van der Waals surface area contributed by atoms with Crippen molar-refractivity contribution in [1.29, 1.82) is 0 Å². The normalized spacial score (nSPS) is 11.2. The number of amides is 1. The van der Waals surface area contributed by atoms with Crippen molar-refractivity contribution in [3.8, 4) is 28.4 Å². The Morgan fingerprint density at radius 2 is 1.79 bits per heavy atom. The maximum absolute atomic E-state index is 15.5. The van der Waals surface area contributed by atoms with Gasteiger partial charge in [-0.3, -0.25) is 14.2 Å². The van der Waals surface area contributed by atoms with Crippen molar-refractivity contribution in [2.24, 2.45) is 5.73 Å². The van der Waals surface area contributed by atoms with E-state index < -0.39 is 17.2 Å². The number of carbonyl (C=O) groups excluding carboxylic acids is 1. The first-order valence-corrected chi connectivity index (χ1v) is 11.8. The van der Waals surface area contributed by atoms with Crippen LogP contribution in [0.3, 0.4) is 0 Å². The standard InChI is InChI=1S/C28H17ClFN5O3/c29-16-4-6-17(7-5-16)35-24(23(26(31)37)25(36)19-2-1-11-34-28(19)35)15-3-8-22(20(30)14-15)38-21-10-13-33-27-18(21)9-12-32-27/h1-14H,(H2,31,37)(H,32,33). The van der Waals surface area contributed by atoms with Crippen LogP contribution in [0.1, 0.15) is 10.4 Å². The molecule has 0 unspecified atom stereocenters. The maximum atomic E-state index is 15.5. The Morgan fingerprint density at radius 1 is 0.974 bits per heavy atom. The first-order valence-electron chi connectivity index (χ1n) is 11.4. The van der Waals surface area contributed by atoms with E-state index in [1.54, 1.807) is 71.6 Å². The van der Waals surface area contributed by atoms with Crippen molar-refractivity contribution >= 4 is 39.6 Å². The van der Waals surface area contributed by atoms with Crippen molar-refractivity contribution in [3.05, 3.63) is 112 Å². The van der Waals surface area contributed by atoms with Crippen LogP contribution in [0, 0.1) is 5.82 Å². The predicted octanol–water partition coefficient (Wildman–Crippen LogP) is 5.61. The predicted molar refractivity (Wildman–Crippen MR) is 142 cm³/mol. The lowest BCUT2D eigenvalue weighted by Crippen LogP contribution is -2.26. The van der Waals surface area contributed by atoms with Crippen molar-refractivity contribution in [1.82, 2.24) is 19.5 Å². The van der Waals surface area contributed by atoms with Gasteiger partial charge in [0, 0.05) is 34.9 Å². The van der Waals surface area contributed by atoms with Gasteiger partial charge in [-0.05, 0) is 66.7 Å². The molecule has 0 spiro atoms. The number of aromatic nitrogens is 4. The van der Waals surface area contributed by atoms with Gasteiger partial charge >= 0.3 is 0 Å². The molecule has 3 N–H and O–H groups in total. The van der Waals surface area contributed by atoms with Gasteiger partial charge in [0.25, 0.3) is 5.91 Å². The number of pyridine rings is 3. The summed E-state index contributed by atoms with van der Waals surface area (Å²) in [7, 11) is 0. The minimum Gasteiger partial charge on any atom is -0.453 e. The Hall–Kier alpha value is -5.02. The van der Waals surface area contributed by atoms with Crippen LogP contribution in [0.25, 0.3) is 39.0 Å². The summed E-state index contributed by atoms with van der Waals surface area (Å²) < 4.78 is 22.9. The van der Waals surface area contributed by atoms with Crippen LogP contribution in [0.15, 0.2) is 90.1 Å². The second-order valence-electron chi connectivity index (χ2n) is 8.40. The lowest BCUT2D eigenvalue weighted by molar-refractivity contribution is 0.0999. The molecule has 0 atom stereocenters. The fourth-order valence-corrected chi connectivity index (χ4v) is 4.56. The molecule has 0 saturated carbocycles. The maximum Gasteiger partial charge on any atom is 0.254 e. The minimum absolute atomic E-state index is 0.0534. The van der Waals surface area contributed by atoms with Crippen LogP contribution in [-0.2, 0) is 0 Å². The van der Waals surface area contributed by atoms with Crippen LogP contribution in [0.4, 0.5) is 4.39 Å². The van der Waals surface area contributed by atoms with E-state index >= 15 is 4.39 Å². The summed E-state index contributed by atoms with van der Waals surface area (Å²) in [6, 6.07) is 17.4. The van der Waals surface area contributed by atoms with E-state index in [4.69, 9.17) is 22.1 Å². The van der Waals surface area contributed by atoms with E-state index in [2.05, 4.69) is 15.0 Å². The monoisotopic (exact) mass is 525 g/mol. The fourth-order valence-electron chi connectivity index (χ4n) is 4.43. The fraction of sp³-hybridized carbons (Fsp3) is 0. The van der Waals surface area contributed by atoms with Crippen molar-refractivity contribution in [3.63, 3.8) is 0 Å². The number of nitrogens with two attached hydrogens (primary N) is 1. The topological polar surface area (TPSA) is 116 Å². The van der Waals surface area contributed by atoms with E-state index in [0.29, 0.717) is 27.5 Å². The Balaban J connectivity index is 1.58. The number of carbonyl (C=O) groups is 1. The molecule has 8 nitrogen and oxygen atoms in total. The summed E-state index contributed by atoms with van der Waals surface area (Å²) in [5.74, 6) is -1.31. The van der Waals surface area contributed by atoms with E-state index in [1.807, 2.05) is 0 Å². The highest BCUT2D eigenvalue weighted by Gasteiger charge is 2.24. The molecule has 6 aromatic rings. The van der Waals surface area contributed by atoms with Crippen molar-refractivity contribution < 1.29 is 13.9 Å². The third-order valence-electron chi connectivity index (χ3n) is 6.11. The number of halogens is 2. The highest BCUT2D eigenvalue weighted by Crippen LogP contribution is 2.35. The van der Waals surface area contributed by atoms with Gasteiger partial charge in [-0.15, -0.1) is 0 Å². The molecule has 0 aliphatic heterocycles. The van der Waals surface area contributed by atoms with Gasteiger partial charge in [-0.2, -0.15) is 0 Å². The molecule has 0 fully saturated rings. The molecule has 0 bridgehead atoms. The summed E-state index contributed by atoms with van der Waals surface area (Å²) in [4.78, 5) is 37.6. The van der Waals surface area contributed by atoms with Gasteiger partial charge in [-0.1, -0.05) is 11.6 Å². The molecule has 0 saturated heterocycles. The average molecular weight is 526 g/mol. The number of aromatic amines is 1. The van der Waals surface area contributed by atoms with Crippen molar-refractivity contribution in [2.45, 2.75) is 0 Å². The van der Waals surface area contributed by atoms with E-state index in [9.17, 15) is 9.59 Å². The summed E-state index contributed by atoms with van der Waals surface area (Å²) in [6.07, 6.45) is 4.78. The highest BCUT2D eigenvalue weighted by atomic mass is 35.5. The number of primary amides is 1. The molecule has 2 aromatic carbocycles. The molecular weight excluding hydrogens is 509 g/mol. The first-order chi connectivity index (χ1) is 18.4. The number of hydrogen-bond donors (Lipinski definition) is 2. The summed E-state index contributed by atoms with van der Waals surface area (Å²) >= 11 is 6.10. The summed E-state index contributed by atoms with van der Waals surface area (Å²) in [5, 5.41) is 1.36. The Kier molecular flexibility index (Phi) is 5.62. The van der Waals surface area contributed by atoms with E-state index in [0.717, 1.165) is 0 Å². The molecule has 0 aliphatic carbocycles. The van der Waals surface area contributed by atoms with Gasteiger partial charge in [-0.25, -0.2) is 14.4 Å². The third-order valence-corrected chi connectivity index (χ3v) is 6.36. The van der Waals surface area contributed by atoms with Gasteiger partial charge in [0.05, 0.1) is 16.5 Å². The zero-order valence-electron chi connectivity index (χ0n) is 19.5. The largest absolute Gasteiger partial charge is 0.453 e. The molecule has 1 amide bonds. The molecule has 186 valence electrons. The second-order valence-corrected chi connectivity index (χ2v) is 8.84. The molecule has 10 heteroatoms. The number of benzene rings is 2. The average Bonchev–Trinajstić information content (AvgIpc) is 3.40. The number of nitrogens with one attached hydrogen (secondary N) is 1. The SMILES string of the molecule is NC(=O)c1c(-c2ccc(Oc3ccnc4[nH]ccc34)c(F)c2)n(-c2ccc(Cl)cc2)c2ncccc2c1=O. The molecule has 4 aromatic heterocycles. The van der Waals surface area contributed by atoms with Gasteiger partial charge in [0.15, 0.2) is 11.6 Å². The van der Waals surface area contributed by atoms with E-state index in [1.165, 1.54) is 18.3 Å². The smallest absolute Gasteiger partial charge is 0.254 e. The first kappa shape index (κ1) is 23.4. The summed E-state index contributed by atoms with van der Waals surface area (Å²) in [5.41, 5.74) is 6.54. The molecule has 0 radical (unpaired) electrons. The molecule has 38 heavy (non-hydrogen) atoms. The molecular formula is C28H17ClFN5O3. The van der Waals surface area contributed by atoms with Crippen LogP contribution in [-0.4, -0.2) is 25.4 Å². The number of fused-ring (bicyclic) bond motifs is 2.